The molecule has 0 atom stereocenters. The highest BCUT2D eigenvalue weighted by molar-refractivity contribution is 7.89. The highest BCUT2D eigenvalue weighted by Gasteiger charge is 2.37. The van der Waals surface area contributed by atoms with Crippen LogP contribution in [0.5, 0.6) is 0 Å². The summed E-state index contributed by atoms with van der Waals surface area (Å²) >= 11 is 5.83. The number of rotatable bonds is 4. The average Bonchev–Trinajstić information content (AvgIpc) is 3.20. The van der Waals surface area contributed by atoms with Crippen LogP contribution in [0.4, 0.5) is 0 Å². The Balaban J connectivity index is 1.83. The van der Waals surface area contributed by atoms with E-state index in [0.717, 1.165) is 12.8 Å². The molecule has 6 nitrogen and oxygen atoms in total. The van der Waals surface area contributed by atoms with Crippen molar-refractivity contribution in [3.05, 3.63) is 76.1 Å². The van der Waals surface area contributed by atoms with Gasteiger partial charge in [-0.1, -0.05) is 35.9 Å². The number of Topliss-reactive ketones (excluding diaryl/α,β-unsaturated/α-hetero) is 2. The van der Waals surface area contributed by atoms with E-state index >= 15 is 0 Å². The number of nitrogens with zero attached hydrogens (tertiary/aromatic N) is 1. The van der Waals surface area contributed by atoms with Crippen LogP contribution in [0, 0.1) is 0 Å². The van der Waals surface area contributed by atoms with E-state index in [0.29, 0.717) is 23.7 Å². The number of hydrogen-bond donors (Lipinski definition) is 1. The Morgan fingerprint density at radius 2 is 1.43 bits per heavy atom. The molecule has 0 aromatic heterocycles. The minimum Gasteiger partial charge on any atom is -0.367 e. The highest BCUT2D eigenvalue weighted by Crippen LogP contribution is 2.30. The third-order valence-corrected chi connectivity index (χ3v) is 6.50. The second-order valence-electron chi connectivity index (χ2n) is 6.68. The van der Waals surface area contributed by atoms with Crippen molar-refractivity contribution in [1.29, 1.82) is 0 Å². The molecule has 0 amide bonds. The normalized spacial score (nSPS) is 17.1. The zero-order chi connectivity index (χ0) is 19.9. The van der Waals surface area contributed by atoms with Crippen molar-refractivity contribution in [2.24, 2.45) is 0 Å². The van der Waals surface area contributed by atoms with Crippen LogP contribution in [-0.4, -0.2) is 38.0 Å². The molecule has 0 bridgehead atoms. The zero-order valence-electron chi connectivity index (χ0n) is 14.8. The summed E-state index contributed by atoms with van der Waals surface area (Å²) < 4.78 is 28.1. The van der Waals surface area contributed by atoms with Crippen molar-refractivity contribution in [3.8, 4) is 0 Å². The lowest BCUT2D eigenvalue weighted by Gasteiger charge is -2.28. The maximum absolute atomic E-state index is 13.1. The summed E-state index contributed by atoms with van der Waals surface area (Å²) in [7, 11) is -4.06. The van der Waals surface area contributed by atoms with Gasteiger partial charge in [0.25, 0.3) is 10.0 Å². The summed E-state index contributed by atoms with van der Waals surface area (Å²) in [6.45, 7) is 1.20. The summed E-state index contributed by atoms with van der Waals surface area (Å²) in [5.74, 6) is -0.847. The second kappa shape index (κ2) is 7.07. The first kappa shape index (κ1) is 18.7. The number of allylic oxidation sites excluding steroid dienone is 2. The monoisotopic (exact) mass is 416 g/mol. The Morgan fingerprint density at radius 3 is 2.04 bits per heavy atom. The molecule has 1 aliphatic heterocycles. The van der Waals surface area contributed by atoms with E-state index in [1.807, 2.05) is 0 Å². The fourth-order valence-electron chi connectivity index (χ4n) is 3.51. The van der Waals surface area contributed by atoms with Gasteiger partial charge in [-0.25, -0.2) is 8.42 Å². The number of nitrogens with one attached hydrogen (secondary N) is 1. The lowest BCUT2D eigenvalue weighted by Crippen LogP contribution is -2.39. The summed E-state index contributed by atoms with van der Waals surface area (Å²) in [4.78, 5) is 28.0. The van der Waals surface area contributed by atoms with Crippen LogP contribution in [0.15, 0.2) is 64.8 Å². The van der Waals surface area contributed by atoms with E-state index in [-0.39, 0.29) is 27.6 Å². The molecule has 0 radical (unpaired) electrons. The fraction of sp³-hybridized carbons (Fsp3) is 0.200. The number of benzene rings is 2. The molecule has 1 saturated heterocycles. The first-order chi connectivity index (χ1) is 13.4. The molecule has 0 spiro atoms. The molecule has 1 fully saturated rings. The molecule has 1 N–H and O–H groups in total. The van der Waals surface area contributed by atoms with E-state index in [1.165, 1.54) is 30.3 Å². The number of fused-ring (bicyclic) bond motifs is 1. The standard InChI is InChI=1S/C20H17ClN2O4S/c21-13-7-9-14(10-8-13)28(26,27)22-17-18(23-11-3-4-12-23)20(25)16-6-2-1-5-15(16)19(17)24/h1-2,5-10,22H,3-4,11-12H2. The van der Waals surface area contributed by atoms with Gasteiger partial charge >= 0.3 is 0 Å². The van der Waals surface area contributed by atoms with Gasteiger partial charge in [0.05, 0.1) is 4.90 Å². The molecule has 8 heteroatoms. The molecule has 1 heterocycles. The molecule has 1 aliphatic carbocycles. The highest BCUT2D eigenvalue weighted by atomic mass is 35.5. The van der Waals surface area contributed by atoms with Crippen LogP contribution in [0.1, 0.15) is 33.6 Å². The van der Waals surface area contributed by atoms with Crippen LogP contribution < -0.4 is 4.72 Å². The summed E-state index contributed by atoms with van der Waals surface area (Å²) in [6, 6.07) is 12.1. The van der Waals surface area contributed by atoms with Gasteiger partial charge in [-0.15, -0.1) is 0 Å². The fourth-order valence-corrected chi connectivity index (χ4v) is 4.70. The molecule has 2 aromatic carbocycles. The summed E-state index contributed by atoms with van der Waals surface area (Å²) in [5.41, 5.74) is 0.424. The Morgan fingerprint density at radius 1 is 0.857 bits per heavy atom. The quantitative estimate of drug-likeness (QED) is 0.828. The SMILES string of the molecule is O=C1C(NS(=O)(=O)c2ccc(Cl)cc2)=C(N2CCCC2)C(=O)c2ccccc21. The average molecular weight is 417 g/mol. The maximum atomic E-state index is 13.1. The minimum absolute atomic E-state index is 0.0377. The molecule has 28 heavy (non-hydrogen) atoms. The summed E-state index contributed by atoms with van der Waals surface area (Å²) in [5, 5.41) is 0.397. The second-order valence-corrected chi connectivity index (χ2v) is 8.80. The van der Waals surface area contributed by atoms with Gasteiger partial charge in [0.2, 0.25) is 11.6 Å². The number of carbonyl (C=O) groups excluding carboxylic acids is 2. The van der Waals surface area contributed by atoms with E-state index in [4.69, 9.17) is 11.6 Å². The van der Waals surface area contributed by atoms with Crippen LogP contribution in [0.3, 0.4) is 0 Å². The lowest BCUT2D eigenvalue weighted by atomic mass is 9.90. The number of likely N-dealkylation sites (tertiary alicyclic amines) is 1. The predicted molar refractivity (Wildman–Crippen MR) is 105 cm³/mol. The van der Waals surface area contributed by atoms with Gasteiger partial charge in [0.1, 0.15) is 11.4 Å². The molecule has 0 unspecified atom stereocenters. The molecule has 2 aliphatic rings. The number of halogens is 1. The Labute approximate surface area is 167 Å². The van der Waals surface area contributed by atoms with Crippen LogP contribution >= 0.6 is 11.6 Å². The van der Waals surface area contributed by atoms with E-state index < -0.39 is 15.8 Å². The maximum Gasteiger partial charge on any atom is 0.262 e. The van der Waals surface area contributed by atoms with Gasteiger partial charge in [0.15, 0.2) is 0 Å². The molecule has 4 rings (SSSR count). The van der Waals surface area contributed by atoms with Gasteiger partial charge in [-0.2, -0.15) is 0 Å². The van der Waals surface area contributed by atoms with Crippen LogP contribution in [0.2, 0.25) is 5.02 Å². The smallest absolute Gasteiger partial charge is 0.262 e. The number of carbonyl (C=O) groups is 2. The number of sulfonamides is 1. The third-order valence-electron chi connectivity index (χ3n) is 4.88. The van der Waals surface area contributed by atoms with Crippen molar-refractivity contribution in [3.63, 3.8) is 0 Å². The minimum atomic E-state index is -4.06. The molecular formula is C20H17ClN2O4S. The van der Waals surface area contributed by atoms with Crippen molar-refractivity contribution >= 4 is 33.2 Å². The van der Waals surface area contributed by atoms with E-state index in [1.54, 1.807) is 23.1 Å². The topological polar surface area (TPSA) is 83.6 Å². The van der Waals surface area contributed by atoms with Crippen molar-refractivity contribution in [1.82, 2.24) is 9.62 Å². The first-order valence-corrected chi connectivity index (χ1v) is 10.7. The van der Waals surface area contributed by atoms with Crippen molar-refractivity contribution < 1.29 is 18.0 Å². The molecule has 144 valence electrons. The van der Waals surface area contributed by atoms with Gasteiger partial charge in [-0.3, -0.25) is 14.3 Å². The molecular weight excluding hydrogens is 400 g/mol. The number of ketones is 2. The molecule has 2 aromatic rings. The zero-order valence-corrected chi connectivity index (χ0v) is 16.4. The van der Waals surface area contributed by atoms with Crippen LogP contribution in [-0.2, 0) is 10.0 Å². The predicted octanol–water partition coefficient (Wildman–Crippen LogP) is 3.00. The Hall–Kier alpha value is -2.64. The van der Waals surface area contributed by atoms with E-state index in [2.05, 4.69) is 4.72 Å². The first-order valence-electron chi connectivity index (χ1n) is 8.84. The Kier molecular flexibility index (Phi) is 4.72. The van der Waals surface area contributed by atoms with Crippen LogP contribution in [0.25, 0.3) is 0 Å². The third kappa shape index (κ3) is 3.21. The van der Waals surface area contributed by atoms with Crippen molar-refractivity contribution in [2.75, 3.05) is 13.1 Å². The lowest BCUT2D eigenvalue weighted by molar-refractivity contribution is 0.0943. The molecule has 0 saturated carbocycles. The van der Waals surface area contributed by atoms with Gasteiger partial charge in [-0.05, 0) is 37.1 Å². The Bertz CT molecular complexity index is 1100. The van der Waals surface area contributed by atoms with E-state index in [9.17, 15) is 18.0 Å². The van der Waals surface area contributed by atoms with Gasteiger partial charge in [0, 0.05) is 29.2 Å². The van der Waals surface area contributed by atoms with Gasteiger partial charge < -0.3 is 4.90 Å². The number of hydrogen-bond acceptors (Lipinski definition) is 5. The van der Waals surface area contributed by atoms with Crippen molar-refractivity contribution in [2.45, 2.75) is 17.7 Å². The summed E-state index contributed by atoms with van der Waals surface area (Å²) in [6.07, 6.45) is 1.76. The largest absolute Gasteiger partial charge is 0.367 e.